The molecule has 5 aromatic rings. The van der Waals surface area contributed by atoms with Crippen LogP contribution < -0.4 is 16.2 Å². The van der Waals surface area contributed by atoms with Crippen LogP contribution in [0, 0.1) is 5.41 Å². The van der Waals surface area contributed by atoms with Gasteiger partial charge in [0, 0.05) is 41.0 Å². The molecule has 0 spiro atoms. The molecule has 0 fully saturated rings. The van der Waals surface area contributed by atoms with Gasteiger partial charge in [-0.1, -0.05) is 148 Å². The zero-order chi connectivity index (χ0) is 32.3. The number of nitrogens with zero attached hydrogens (tertiary/aromatic N) is 1. The Labute approximate surface area is 279 Å². The maximum Gasteiger partial charge on any atom is 0.137 e. The van der Waals surface area contributed by atoms with E-state index in [1.165, 1.54) is 27.8 Å². The predicted molar refractivity (Wildman–Crippen MR) is 197 cm³/mol. The molecule has 7 rings (SSSR count). The number of fused-ring (bicyclic) bond motifs is 3. The quantitative estimate of drug-likeness (QED) is 0.108. The van der Waals surface area contributed by atoms with E-state index in [0.29, 0.717) is 12.5 Å². The second-order valence-electron chi connectivity index (χ2n) is 13.3. The van der Waals surface area contributed by atoms with Gasteiger partial charge in [-0.2, -0.15) is 0 Å². The summed E-state index contributed by atoms with van der Waals surface area (Å²) in [5.41, 5.74) is 17.5. The maximum absolute atomic E-state index is 4.93. The summed E-state index contributed by atoms with van der Waals surface area (Å²) in [7, 11) is 0. The van der Waals surface area contributed by atoms with E-state index in [9.17, 15) is 0 Å². The van der Waals surface area contributed by atoms with Crippen LogP contribution >= 0.6 is 0 Å². The van der Waals surface area contributed by atoms with Crippen molar-refractivity contribution >= 4 is 17.6 Å². The molecule has 0 saturated heterocycles. The maximum atomic E-state index is 4.93. The highest BCUT2D eigenvalue weighted by Gasteiger charge is 2.53. The topological polar surface area (TPSA) is 48.5 Å². The molecule has 2 aliphatic rings. The molecule has 3 atom stereocenters. The lowest BCUT2D eigenvalue weighted by Crippen LogP contribution is -2.36. The summed E-state index contributed by atoms with van der Waals surface area (Å²) >= 11 is 0. The molecule has 0 aliphatic heterocycles. The summed E-state index contributed by atoms with van der Waals surface area (Å²) in [4.78, 5) is 4.93. The number of allylic oxidation sites excluding steroid dienone is 4. The third-order valence-corrected chi connectivity index (χ3v) is 10.2. The third-order valence-electron chi connectivity index (χ3n) is 10.2. The van der Waals surface area contributed by atoms with E-state index in [-0.39, 0.29) is 17.0 Å². The average Bonchev–Trinajstić information content (AvgIpc) is 3.28. The molecule has 2 aliphatic carbocycles. The minimum absolute atomic E-state index is 0.0144. The molecule has 234 valence electrons. The summed E-state index contributed by atoms with van der Waals surface area (Å²) in [5, 5.41) is 3.79. The molecule has 0 aromatic heterocycles. The van der Waals surface area contributed by atoms with Crippen molar-refractivity contribution in [3.63, 3.8) is 0 Å². The number of aliphatic imine (C=N–C) groups is 1. The number of hydrogen-bond acceptors (Lipinski definition) is 4. The Balaban J connectivity index is 1.14. The number of benzene rings is 5. The molecule has 4 nitrogen and oxygen atoms in total. The summed E-state index contributed by atoms with van der Waals surface area (Å²) in [6, 6.07) is 44.7. The fraction of sp³-hybridized carbons (Fsp3) is 0.186. The fourth-order valence-corrected chi connectivity index (χ4v) is 7.08. The van der Waals surface area contributed by atoms with Crippen molar-refractivity contribution in [3.8, 4) is 11.1 Å². The summed E-state index contributed by atoms with van der Waals surface area (Å²) in [6.45, 7) is 7.90. The second-order valence-corrected chi connectivity index (χ2v) is 13.3. The smallest absolute Gasteiger partial charge is 0.137 e. The minimum Gasteiger partial charge on any atom is -0.355 e. The zero-order valence-electron chi connectivity index (χ0n) is 27.3. The number of anilines is 2. The molecular formula is C43H42N4. The SMILES string of the molecule is CC1(C)c2cc(Nc3ccc(/C=N/C(NNCc4ccccc4)c4ccccc4)cc3)c(-c3ccccc3)cc2C2C=CC=CC21C. The Morgan fingerprint density at radius 3 is 2.17 bits per heavy atom. The first-order valence-electron chi connectivity index (χ1n) is 16.5. The van der Waals surface area contributed by atoms with Gasteiger partial charge in [0.25, 0.3) is 0 Å². The molecular weight excluding hydrogens is 573 g/mol. The van der Waals surface area contributed by atoms with Crippen LogP contribution in [0.15, 0.2) is 157 Å². The molecule has 0 amide bonds. The van der Waals surface area contributed by atoms with Crippen LogP contribution in [0.25, 0.3) is 11.1 Å². The van der Waals surface area contributed by atoms with Crippen LogP contribution in [-0.4, -0.2) is 6.21 Å². The second kappa shape index (κ2) is 13.0. The summed E-state index contributed by atoms with van der Waals surface area (Å²) < 4.78 is 0. The van der Waals surface area contributed by atoms with Gasteiger partial charge in [0.2, 0.25) is 0 Å². The summed E-state index contributed by atoms with van der Waals surface area (Å²) in [6.07, 6.45) is 10.9. The lowest BCUT2D eigenvalue weighted by Gasteiger charge is -2.41. The standard InChI is InChI=1S/C43H42N4/c1-42(2)39-28-40(36(33-17-9-5-10-18-33)27-37(39)38-21-13-14-26-43(38,42)3)46-35-24-22-32(23-25-35)29-44-41(34-19-11-6-12-20-34)47-45-30-31-15-7-4-8-16-31/h4-29,38,41,45-47H,30H2,1-3H3/b44-29+. The van der Waals surface area contributed by atoms with Crippen molar-refractivity contribution in [2.24, 2.45) is 10.4 Å². The van der Waals surface area contributed by atoms with Crippen LogP contribution in [0.1, 0.15) is 60.7 Å². The highest BCUT2D eigenvalue weighted by molar-refractivity contribution is 5.85. The first-order valence-corrected chi connectivity index (χ1v) is 16.5. The normalized spacial score (nSPS) is 19.8. The van der Waals surface area contributed by atoms with E-state index in [1.54, 1.807) is 0 Å². The first kappa shape index (κ1) is 30.6. The van der Waals surface area contributed by atoms with Gasteiger partial charge in [-0.3, -0.25) is 10.4 Å². The monoisotopic (exact) mass is 614 g/mol. The number of nitrogens with one attached hydrogen (secondary N) is 3. The first-order chi connectivity index (χ1) is 22.9. The van der Waals surface area contributed by atoms with E-state index in [4.69, 9.17) is 4.99 Å². The molecule has 3 N–H and O–H groups in total. The van der Waals surface area contributed by atoms with Crippen molar-refractivity contribution in [2.75, 3.05) is 5.32 Å². The van der Waals surface area contributed by atoms with Crippen LogP contribution in [0.3, 0.4) is 0 Å². The van der Waals surface area contributed by atoms with E-state index < -0.39 is 0 Å². The van der Waals surface area contributed by atoms with E-state index in [1.807, 2.05) is 30.5 Å². The van der Waals surface area contributed by atoms with E-state index in [2.05, 4.69) is 164 Å². The molecule has 47 heavy (non-hydrogen) atoms. The molecule has 5 aromatic carbocycles. The largest absolute Gasteiger partial charge is 0.355 e. The Kier molecular flexibility index (Phi) is 8.46. The van der Waals surface area contributed by atoms with Crippen molar-refractivity contribution < 1.29 is 0 Å². The Morgan fingerprint density at radius 1 is 0.766 bits per heavy atom. The Bertz CT molecular complexity index is 1910. The minimum atomic E-state index is -0.226. The molecule has 3 unspecified atom stereocenters. The molecule has 0 radical (unpaired) electrons. The van der Waals surface area contributed by atoms with Crippen molar-refractivity contribution in [1.29, 1.82) is 0 Å². The Morgan fingerprint density at radius 2 is 1.45 bits per heavy atom. The van der Waals surface area contributed by atoms with Gasteiger partial charge in [0.15, 0.2) is 0 Å². The predicted octanol–water partition coefficient (Wildman–Crippen LogP) is 10.0. The highest BCUT2D eigenvalue weighted by atomic mass is 15.4. The van der Waals surface area contributed by atoms with Crippen LogP contribution in [0.2, 0.25) is 0 Å². The van der Waals surface area contributed by atoms with Gasteiger partial charge < -0.3 is 5.32 Å². The third kappa shape index (κ3) is 6.10. The van der Waals surface area contributed by atoms with Crippen molar-refractivity contribution in [2.45, 2.75) is 44.8 Å². The van der Waals surface area contributed by atoms with E-state index >= 15 is 0 Å². The van der Waals surface area contributed by atoms with Gasteiger partial charge in [-0.15, -0.1) is 0 Å². The zero-order valence-corrected chi connectivity index (χ0v) is 27.3. The van der Waals surface area contributed by atoms with Crippen molar-refractivity contribution in [1.82, 2.24) is 10.9 Å². The number of rotatable bonds is 10. The van der Waals surface area contributed by atoms with Crippen LogP contribution in [0.5, 0.6) is 0 Å². The van der Waals surface area contributed by atoms with Crippen molar-refractivity contribution in [3.05, 3.63) is 180 Å². The van der Waals surface area contributed by atoms with Gasteiger partial charge >= 0.3 is 0 Å². The lowest BCUT2D eigenvalue weighted by atomic mass is 9.62. The summed E-state index contributed by atoms with van der Waals surface area (Å²) in [5.74, 6) is 0.357. The number of hydrazine groups is 1. The number of hydrogen-bond donors (Lipinski definition) is 3. The molecule has 0 saturated carbocycles. The lowest BCUT2D eigenvalue weighted by molar-refractivity contribution is 0.245. The average molecular weight is 615 g/mol. The van der Waals surface area contributed by atoms with E-state index in [0.717, 1.165) is 22.5 Å². The molecule has 0 heterocycles. The van der Waals surface area contributed by atoms with Crippen LogP contribution in [0.4, 0.5) is 11.4 Å². The Hall–Kier alpha value is -5.03. The van der Waals surface area contributed by atoms with Crippen LogP contribution in [-0.2, 0) is 12.0 Å². The van der Waals surface area contributed by atoms with Gasteiger partial charge in [-0.05, 0) is 63.1 Å². The van der Waals surface area contributed by atoms with Gasteiger partial charge in [0.1, 0.15) is 6.17 Å². The molecule has 0 bridgehead atoms. The van der Waals surface area contributed by atoms with Gasteiger partial charge in [0.05, 0.1) is 0 Å². The highest BCUT2D eigenvalue weighted by Crippen LogP contribution is 2.62. The fourth-order valence-electron chi connectivity index (χ4n) is 7.08. The van der Waals surface area contributed by atoms with Gasteiger partial charge in [-0.25, -0.2) is 5.43 Å². The molecule has 4 heteroatoms.